The second-order valence-corrected chi connectivity index (χ2v) is 6.60. The Balaban J connectivity index is 2.73. The van der Waals surface area contributed by atoms with Crippen LogP contribution >= 0.6 is 0 Å². The lowest BCUT2D eigenvalue weighted by Gasteiger charge is -2.48. The summed E-state index contributed by atoms with van der Waals surface area (Å²) in [6.45, 7) is 8.33. The van der Waals surface area contributed by atoms with Crippen LogP contribution in [0.5, 0.6) is 0 Å². The third-order valence-electron chi connectivity index (χ3n) is 5.55. The average molecular weight is 294 g/mol. The molecule has 2 rings (SSSR count). The van der Waals surface area contributed by atoms with Gasteiger partial charge in [0, 0.05) is 26.1 Å². The van der Waals surface area contributed by atoms with Crippen molar-refractivity contribution in [2.45, 2.75) is 45.3 Å². The molecule has 0 N–H and O–H groups in total. The number of fused-ring (bicyclic) bond motifs is 1. The molecule has 21 heavy (non-hydrogen) atoms. The smallest absolute Gasteiger partial charge is 0.288 e. The largest absolute Gasteiger partial charge is 0.495 e. The molecular weight excluding hydrogens is 268 g/mol. The van der Waals surface area contributed by atoms with Crippen LogP contribution in [-0.4, -0.2) is 32.9 Å². The number of rotatable bonds is 5. The Morgan fingerprint density at radius 1 is 1.24 bits per heavy atom. The van der Waals surface area contributed by atoms with E-state index in [-0.39, 0.29) is 16.6 Å². The summed E-state index contributed by atoms with van der Waals surface area (Å²) in [5.41, 5.74) is 0.930. The summed E-state index contributed by atoms with van der Waals surface area (Å²) in [7, 11) is 4.56. The molecule has 2 aliphatic rings. The standard InChI is InChI=1S/C17H26O4/c1-7-9-16-11-13(18)17(20-5,21-6)14(19-4)12(16)8-10-15(16,2)3/h7H,1,8-11H2,2-6H3/t16-/m1/s1. The molecular formula is C17H26O4. The van der Waals surface area contributed by atoms with Gasteiger partial charge in [0.15, 0.2) is 5.76 Å². The molecule has 0 radical (unpaired) electrons. The fourth-order valence-corrected chi connectivity index (χ4v) is 4.19. The zero-order chi connectivity index (χ0) is 15.9. The van der Waals surface area contributed by atoms with Gasteiger partial charge in [0.1, 0.15) is 0 Å². The van der Waals surface area contributed by atoms with E-state index < -0.39 is 5.79 Å². The highest BCUT2D eigenvalue weighted by molar-refractivity contribution is 5.92. The Morgan fingerprint density at radius 2 is 1.86 bits per heavy atom. The molecule has 0 aromatic rings. The van der Waals surface area contributed by atoms with E-state index in [1.807, 2.05) is 6.08 Å². The number of methoxy groups -OCH3 is 3. The fraction of sp³-hybridized carbons (Fsp3) is 0.706. The second-order valence-electron chi connectivity index (χ2n) is 6.60. The van der Waals surface area contributed by atoms with Crippen molar-refractivity contribution in [1.29, 1.82) is 0 Å². The minimum Gasteiger partial charge on any atom is -0.495 e. The van der Waals surface area contributed by atoms with Gasteiger partial charge in [-0.15, -0.1) is 6.58 Å². The summed E-state index contributed by atoms with van der Waals surface area (Å²) in [6, 6.07) is 0. The van der Waals surface area contributed by atoms with Crippen LogP contribution in [0.4, 0.5) is 0 Å². The molecule has 0 heterocycles. The lowest BCUT2D eigenvalue weighted by Crippen LogP contribution is -2.54. The SMILES string of the molecule is C=CC[C@@]12CC(=O)C(OC)(OC)C(OC)=C1CCC2(C)C. The summed E-state index contributed by atoms with van der Waals surface area (Å²) in [5.74, 6) is -0.934. The molecule has 0 aliphatic heterocycles. The first-order valence-electron chi connectivity index (χ1n) is 7.38. The normalized spacial score (nSPS) is 30.2. The van der Waals surface area contributed by atoms with Crippen molar-refractivity contribution in [3.05, 3.63) is 24.0 Å². The minimum absolute atomic E-state index is 0.0175. The lowest BCUT2D eigenvalue weighted by molar-refractivity contribution is -0.210. The molecule has 1 atom stereocenters. The van der Waals surface area contributed by atoms with Crippen molar-refractivity contribution >= 4 is 5.78 Å². The molecule has 1 saturated carbocycles. The molecule has 0 saturated heterocycles. The van der Waals surface area contributed by atoms with Crippen LogP contribution in [0.2, 0.25) is 0 Å². The summed E-state index contributed by atoms with van der Waals surface area (Å²) >= 11 is 0. The second kappa shape index (κ2) is 5.25. The molecule has 2 aliphatic carbocycles. The highest BCUT2D eigenvalue weighted by Crippen LogP contribution is 2.64. The number of hydrogen-bond acceptors (Lipinski definition) is 4. The van der Waals surface area contributed by atoms with Gasteiger partial charge in [0.25, 0.3) is 5.79 Å². The highest BCUT2D eigenvalue weighted by Gasteiger charge is 2.62. The minimum atomic E-state index is -1.39. The zero-order valence-corrected chi connectivity index (χ0v) is 13.7. The molecule has 118 valence electrons. The van der Waals surface area contributed by atoms with Gasteiger partial charge in [0.05, 0.1) is 7.11 Å². The van der Waals surface area contributed by atoms with Gasteiger partial charge >= 0.3 is 0 Å². The molecule has 0 amide bonds. The van der Waals surface area contributed by atoms with Gasteiger partial charge < -0.3 is 14.2 Å². The first-order chi connectivity index (χ1) is 9.85. The van der Waals surface area contributed by atoms with Crippen LogP contribution in [0.25, 0.3) is 0 Å². The third kappa shape index (κ3) is 1.92. The van der Waals surface area contributed by atoms with Gasteiger partial charge in [-0.05, 0) is 30.3 Å². The fourth-order valence-electron chi connectivity index (χ4n) is 4.19. The molecule has 0 unspecified atom stereocenters. The number of Topliss-reactive ketones (excluding diaryl/α,β-unsaturated/α-hetero) is 1. The van der Waals surface area contributed by atoms with Gasteiger partial charge in [0.2, 0.25) is 5.78 Å². The first kappa shape index (κ1) is 16.2. The molecule has 4 heteroatoms. The van der Waals surface area contributed by atoms with Crippen molar-refractivity contribution in [3.63, 3.8) is 0 Å². The molecule has 4 nitrogen and oxygen atoms in total. The highest BCUT2D eigenvalue weighted by atomic mass is 16.7. The van der Waals surface area contributed by atoms with E-state index in [9.17, 15) is 4.79 Å². The first-order valence-corrected chi connectivity index (χ1v) is 7.38. The summed E-state index contributed by atoms with van der Waals surface area (Å²) in [4.78, 5) is 12.9. The van der Waals surface area contributed by atoms with Gasteiger partial charge in [-0.3, -0.25) is 4.79 Å². The summed E-state index contributed by atoms with van der Waals surface area (Å²) < 4.78 is 16.5. The van der Waals surface area contributed by atoms with Crippen LogP contribution in [-0.2, 0) is 19.0 Å². The van der Waals surface area contributed by atoms with E-state index in [2.05, 4.69) is 20.4 Å². The topological polar surface area (TPSA) is 44.8 Å². The molecule has 1 fully saturated rings. The number of carbonyl (C=O) groups is 1. The van der Waals surface area contributed by atoms with Gasteiger partial charge in [-0.1, -0.05) is 19.9 Å². The van der Waals surface area contributed by atoms with E-state index in [1.165, 1.54) is 14.2 Å². The van der Waals surface area contributed by atoms with Crippen LogP contribution < -0.4 is 0 Å². The van der Waals surface area contributed by atoms with Crippen molar-refractivity contribution in [1.82, 2.24) is 0 Å². The molecule has 0 spiro atoms. The number of allylic oxidation sites excluding steroid dienone is 2. The van der Waals surface area contributed by atoms with Gasteiger partial charge in [-0.2, -0.15) is 0 Å². The lowest BCUT2D eigenvalue weighted by atomic mass is 9.58. The monoisotopic (exact) mass is 294 g/mol. The number of ether oxygens (including phenoxy) is 3. The Labute approximate surface area is 127 Å². The maximum Gasteiger partial charge on any atom is 0.288 e. The van der Waals surface area contributed by atoms with Crippen molar-refractivity contribution < 1.29 is 19.0 Å². The molecule has 0 aromatic carbocycles. The van der Waals surface area contributed by atoms with Crippen LogP contribution in [0, 0.1) is 10.8 Å². The molecule has 0 aromatic heterocycles. The molecule has 0 bridgehead atoms. The van der Waals surface area contributed by atoms with Crippen molar-refractivity contribution in [2.24, 2.45) is 10.8 Å². The van der Waals surface area contributed by atoms with E-state index in [0.29, 0.717) is 12.2 Å². The van der Waals surface area contributed by atoms with E-state index in [0.717, 1.165) is 24.8 Å². The maximum atomic E-state index is 12.9. The van der Waals surface area contributed by atoms with E-state index in [1.54, 1.807) is 7.11 Å². The van der Waals surface area contributed by atoms with Crippen LogP contribution in [0.1, 0.15) is 39.5 Å². The average Bonchev–Trinajstić information content (AvgIpc) is 2.69. The van der Waals surface area contributed by atoms with E-state index >= 15 is 0 Å². The van der Waals surface area contributed by atoms with Crippen LogP contribution in [0.15, 0.2) is 24.0 Å². The number of ketones is 1. The van der Waals surface area contributed by atoms with Crippen molar-refractivity contribution in [2.75, 3.05) is 21.3 Å². The van der Waals surface area contributed by atoms with Crippen molar-refractivity contribution in [3.8, 4) is 0 Å². The quantitative estimate of drug-likeness (QED) is 0.577. The Kier molecular flexibility index (Phi) is 4.06. The summed E-state index contributed by atoms with van der Waals surface area (Å²) in [5, 5.41) is 0. The predicted octanol–water partition coefficient (Wildman–Crippen LogP) is 3.23. The Bertz CT molecular complexity index is 485. The Hall–Kier alpha value is -1.13. The number of hydrogen-bond donors (Lipinski definition) is 0. The van der Waals surface area contributed by atoms with Gasteiger partial charge in [-0.25, -0.2) is 0 Å². The maximum absolute atomic E-state index is 12.9. The van der Waals surface area contributed by atoms with E-state index in [4.69, 9.17) is 14.2 Å². The Morgan fingerprint density at radius 3 is 2.33 bits per heavy atom. The third-order valence-corrected chi connectivity index (χ3v) is 5.55. The zero-order valence-electron chi connectivity index (χ0n) is 13.7. The number of carbonyl (C=O) groups excluding carboxylic acids is 1. The summed E-state index contributed by atoms with van der Waals surface area (Å²) in [6.07, 6.45) is 4.97. The van der Waals surface area contributed by atoms with Crippen LogP contribution in [0.3, 0.4) is 0 Å². The predicted molar refractivity (Wildman–Crippen MR) is 80.7 cm³/mol.